The Labute approximate surface area is 225 Å². The highest BCUT2D eigenvalue weighted by Crippen LogP contribution is 2.61. The summed E-state index contributed by atoms with van der Waals surface area (Å²) in [5.41, 5.74) is 1.45. The second-order valence-corrected chi connectivity index (χ2v) is 13.7. The Balaban J connectivity index is 1.06. The zero-order valence-corrected chi connectivity index (χ0v) is 23.1. The van der Waals surface area contributed by atoms with Crippen molar-refractivity contribution in [3.05, 3.63) is 17.6 Å². The molecule has 7 rings (SSSR count). The van der Waals surface area contributed by atoms with Crippen LogP contribution in [-0.4, -0.2) is 74.8 Å². The number of nitrogens with one attached hydrogen (secondary N) is 1. The van der Waals surface area contributed by atoms with Crippen molar-refractivity contribution in [2.75, 3.05) is 31.5 Å². The zero-order chi connectivity index (χ0) is 26.7. The third-order valence-electron chi connectivity index (χ3n) is 9.76. The fourth-order valence-corrected chi connectivity index (χ4v) is 8.40. The van der Waals surface area contributed by atoms with Gasteiger partial charge in [0.15, 0.2) is 0 Å². The number of hydrogen-bond acceptors (Lipinski definition) is 7. The van der Waals surface area contributed by atoms with Crippen molar-refractivity contribution >= 4 is 17.8 Å². The van der Waals surface area contributed by atoms with Crippen LogP contribution in [0.4, 0.5) is 10.6 Å². The van der Waals surface area contributed by atoms with E-state index in [-0.39, 0.29) is 29.4 Å². The molecule has 1 aromatic heterocycles. The van der Waals surface area contributed by atoms with Gasteiger partial charge in [0, 0.05) is 31.7 Å². The van der Waals surface area contributed by atoms with Crippen molar-refractivity contribution in [3.63, 3.8) is 0 Å². The van der Waals surface area contributed by atoms with Crippen LogP contribution >= 0.6 is 0 Å². The highest BCUT2D eigenvalue weighted by Gasteiger charge is 2.53. The highest BCUT2D eigenvalue weighted by molar-refractivity contribution is 5.81. The van der Waals surface area contributed by atoms with Crippen LogP contribution in [0.15, 0.2) is 6.33 Å². The predicted molar refractivity (Wildman–Crippen MR) is 142 cm³/mol. The number of anilines is 1. The van der Waals surface area contributed by atoms with Gasteiger partial charge in [0.2, 0.25) is 5.91 Å². The average Bonchev–Trinajstić information content (AvgIpc) is 3.35. The zero-order valence-electron chi connectivity index (χ0n) is 23.1. The van der Waals surface area contributed by atoms with Crippen molar-refractivity contribution in [1.29, 1.82) is 0 Å². The number of carbonyl (C=O) groups is 2. The van der Waals surface area contributed by atoms with Gasteiger partial charge in [-0.2, -0.15) is 0 Å². The Morgan fingerprint density at radius 3 is 2.45 bits per heavy atom. The number of nitrogens with zero attached hydrogens (tertiary/aromatic N) is 4. The number of aliphatic hydroxyl groups is 1. The molecule has 2 atom stereocenters. The monoisotopic (exact) mass is 525 g/mol. The van der Waals surface area contributed by atoms with Gasteiger partial charge in [0.1, 0.15) is 17.7 Å². The maximum atomic E-state index is 13.3. The lowest BCUT2D eigenvalue weighted by Gasteiger charge is -2.58. The maximum Gasteiger partial charge on any atom is 0.410 e. The number of amides is 2. The SMILES string of the molecule is CC(C)(C)OC(=O)N1CC[C@@H](C(=O)N2CCc3c(ncnc3NCC(O)C34CC5CC(CC(C5)C3)C4)C2)C1. The molecule has 0 radical (unpaired) electrons. The van der Waals surface area contributed by atoms with Crippen LogP contribution < -0.4 is 5.32 Å². The molecule has 2 amide bonds. The van der Waals surface area contributed by atoms with E-state index >= 15 is 0 Å². The second-order valence-electron chi connectivity index (χ2n) is 13.7. The normalized spacial score (nSPS) is 32.7. The molecule has 1 aromatic rings. The summed E-state index contributed by atoms with van der Waals surface area (Å²) in [6.45, 7) is 8.06. The maximum absolute atomic E-state index is 13.3. The predicted octanol–water partition coefficient (Wildman–Crippen LogP) is 3.61. The van der Waals surface area contributed by atoms with Crippen LogP contribution in [-0.2, 0) is 22.5 Å². The number of ether oxygens (including phenoxy) is 1. The molecule has 2 aliphatic heterocycles. The van der Waals surface area contributed by atoms with Crippen molar-refractivity contribution in [1.82, 2.24) is 19.8 Å². The minimum absolute atomic E-state index is 0.0759. The number of aromatic nitrogens is 2. The molecule has 0 aromatic carbocycles. The van der Waals surface area contributed by atoms with Crippen molar-refractivity contribution in [3.8, 4) is 0 Å². The fourth-order valence-electron chi connectivity index (χ4n) is 8.40. The van der Waals surface area contributed by atoms with Gasteiger partial charge in [0.25, 0.3) is 0 Å². The molecule has 3 heterocycles. The topological polar surface area (TPSA) is 108 Å². The van der Waals surface area contributed by atoms with Gasteiger partial charge >= 0.3 is 6.09 Å². The summed E-state index contributed by atoms with van der Waals surface area (Å²) in [6.07, 6.45) is 9.81. The molecule has 4 saturated carbocycles. The first kappa shape index (κ1) is 25.8. The summed E-state index contributed by atoms with van der Waals surface area (Å²) in [6, 6.07) is 0. The first-order chi connectivity index (χ1) is 18.1. The van der Waals surface area contributed by atoms with E-state index in [1.807, 2.05) is 25.7 Å². The van der Waals surface area contributed by atoms with Gasteiger partial charge in [-0.05, 0) is 95.3 Å². The van der Waals surface area contributed by atoms with E-state index in [2.05, 4.69) is 15.3 Å². The molecule has 4 bridgehead atoms. The molecule has 1 unspecified atom stereocenters. The van der Waals surface area contributed by atoms with E-state index in [0.29, 0.717) is 45.6 Å². The molecular weight excluding hydrogens is 482 g/mol. The second kappa shape index (κ2) is 9.65. The van der Waals surface area contributed by atoms with Crippen LogP contribution in [0, 0.1) is 29.1 Å². The minimum Gasteiger partial charge on any atom is -0.444 e. The number of fused-ring (bicyclic) bond motifs is 1. The molecule has 38 heavy (non-hydrogen) atoms. The van der Waals surface area contributed by atoms with Crippen LogP contribution in [0.1, 0.15) is 77.0 Å². The van der Waals surface area contributed by atoms with Crippen molar-refractivity contribution < 1.29 is 19.4 Å². The summed E-state index contributed by atoms with van der Waals surface area (Å²) in [5.74, 6) is 3.08. The number of likely N-dealkylation sites (tertiary alicyclic amines) is 1. The molecule has 2 N–H and O–H groups in total. The van der Waals surface area contributed by atoms with E-state index in [1.54, 1.807) is 11.2 Å². The van der Waals surface area contributed by atoms with Gasteiger partial charge in [-0.1, -0.05) is 0 Å². The van der Waals surface area contributed by atoms with Gasteiger partial charge in [-0.3, -0.25) is 4.79 Å². The molecule has 0 spiro atoms. The first-order valence-corrected chi connectivity index (χ1v) is 14.6. The smallest absolute Gasteiger partial charge is 0.410 e. The number of aliphatic hydroxyl groups excluding tert-OH is 1. The van der Waals surface area contributed by atoms with E-state index < -0.39 is 5.60 Å². The molecule has 208 valence electrons. The molecular formula is C29H43N5O4. The van der Waals surface area contributed by atoms with E-state index in [9.17, 15) is 14.7 Å². The Bertz CT molecular complexity index is 1050. The highest BCUT2D eigenvalue weighted by atomic mass is 16.6. The first-order valence-electron chi connectivity index (χ1n) is 14.6. The van der Waals surface area contributed by atoms with Crippen LogP contribution in [0.2, 0.25) is 0 Å². The Kier molecular flexibility index (Phi) is 6.56. The third-order valence-corrected chi connectivity index (χ3v) is 9.76. The summed E-state index contributed by atoms with van der Waals surface area (Å²) in [7, 11) is 0. The standard InChI is InChI=1S/C29H43N5O4/c1-28(2,3)38-27(37)34-6-4-21(15-34)26(36)33-7-5-22-23(16-33)31-17-32-25(22)30-14-24(35)29-11-18-8-19(12-29)10-20(9-18)13-29/h17-21,24,35H,4-16H2,1-3H3,(H,30,31,32)/t18?,19?,20?,21-,24?,29?/m1/s1. The fraction of sp³-hybridized carbons (Fsp3) is 0.793. The van der Waals surface area contributed by atoms with E-state index in [1.165, 1.54) is 38.5 Å². The van der Waals surface area contributed by atoms with Crippen LogP contribution in [0.5, 0.6) is 0 Å². The van der Waals surface area contributed by atoms with E-state index in [4.69, 9.17) is 4.74 Å². The molecule has 5 fully saturated rings. The molecule has 4 aliphatic carbocycles. The quantitative estimate of drug-likeness (QED) is 0.605. The lowest BCUT2D eigenvalue weighted by molar-refractivity contribution is -0.136. The average molecular weight is 526 g/mol. The third kappa shape index (κ3) is 4.98. The van der Waals surface area contributed by atoms with Gasteiger partial charge in [0.05, 0.1) is 24.3 Å². The molecule has 9 heteroatoms. The lowest BCUT2D eigenvalue weighted by Crippen LogP contribution is -2.53. The Morgan fingerprint density at radius 1 is 1.11 bits per heavy atom. The molecule has 6 aliphatic rings. The van der Waals surface area contributed by atoms with Crippen molar-refractivity contribution in [2.24, 2.45) is 29.1 Å². The largest absolute Gasteiger partial charge is 0.444 e. The molecule has 1 saturated heterocycles. The van der Waals surface area contributed by atoms with Crippen molar-refractivity contribution in [2.45, 2.75) is 90.4 Å². The van der Waals surface area contributed by atoms with Gasteiger partial charge in [-0.25, -0.2) is 14.8 Å². The molecule has 9 nitrogen and oxygen atoms in total. The number of rotatable bonds is 5. The number of carbonyl (C=O) groups excluding carboxylic acids is 2. The van der Waals surface area contributed by atoms with Crippen LogP contribution in [0.3, 0.4) is 0 Å². The minimum atomic E-state index is -0.549. The van der Waals surface area contributed by atoms with Gasteiger partial charge < -0.3 is 25.0 Å². The number of hydrogen-bond donors (Lipinski definition) is 2. The summed E-state index contributed by atoms with van der Waals surface area (Å²) in [4.78, 5) is 38.3. The van der Waals surface area contributed by atoms with E-state index in [0.717, 1.165) is 34.8 Å². The van der Waals surface area contributed by atoms with Gasteiger partial charge in [-0.15, -0.1) is 0 Å². The summed E-state index contributed by atoms with van der Waals surface area (Å²) >= 11 is 0. The lowest BCUT2D eigenvalue weighted by atomic mass is 9.48. The summed E-state index contributed by atoms with van der Waals surface area (Å²) < 4.78 is 5.48. The Hall–Kier alpha value is -2.42. The van der Waals surface area contributed by atoms with Crippen LogP contribution in [0.25, 0.3) is 0 Å². The Morgan fingerprint density at radius 2 is 1.79 bits per heavy atom. The summed E-state index contributed by atoms with van der Waals surface area (Å²) in [5, 5.41) is 14.8.